The van der Waals surface area contributed by atoms with Gasteiger partial charge in [0.1, 0.15) is 5.75 Å². The minimum absolute atomic E-state index is 0.00394. The number of fused-ring (bicyclic) bond motifs is 1. The van der Waals surface area contributed by atoms with Crippen LogP contribution in [0.3, 0.4) is 0 Å². The summed E-state index contributed by atoms with van der Waals surface area (Å²) in [6.45, 7) is 3.43. The van der Waals surface area contributed by atoms with Crippen LogP contribution in [-0.2, 0) is 26.3 Å². The summed E-state index contributed by atoms with van der Waals surface area (Å²) in [5.74, 6) is -4.94. The molecule has 14 nitrogen and oxygen atoms in total. The number of rotatable bonds is 6. The Labute approximate surface area is 220 Å². The Balaban J connectivity index is 1.58. The first-order valence-corrected chi connectivity index (χ1v) is 12.5. The van der Waals surface area contributed by atoms with Crippen molar-refractivity contribution in [3.8, 4) is 5.75 Å². The molecule has 6 N–H and O–H groups in total. The van der Waals surface area contributed by atoms with Crippen LogP contribution in [0.15, 0.2) is 23.6 Å². The molecule has 0 radical (unpaired) electrons. The number of para-hydroxylation sites is 1. The number of benzene rings is 1. The average Bonchev–Trinajstić information content (AvgIpc) is 3.32. The standard InChI is InChI=1S/C22H25BN6O8S/c1-3-28-7-8-29(17(31)16(28)30)21(35)27-22(2,13-10-38-20(24)25-13)19(34)26-14-9-11-5-4-6-12(18(32)33)15(11)37-23(14)36/h4-6,10,14,36H,3,7-9H2,1-2H3,(H2,24,25)(H,26,34)(H,27,35)(H,32,33)/t14-,22-/m0/s1. The molecule has 1 aromatic carbocycles. The topological polar surface area (TPSA) is 204 Å². The van der Waals surface area contributed by atoms with Crippen molar-refractivity contribution < 1.29 is 38.8 Å². The Hall–Kier alpha value is -4.18. The zero-order valence-electron chi connectivity index (χ0n) is 20.5. The maximum Gasteiger partial charge on any atom is 0.547 e. The van der Waals surface area contributed by atoms with Crippen LogP contribution in [0, 0.1) is 0 Å². The summed E-state index contributed by atoms with van der Waals surface area (Å²) in [5.41, 5.74) is 4.26. The van der Waals surface area contributed by atoms with Crippen molar-refractivity contribution in [2.75, 3.05) is 25.4 Å². The molecule has 38 heavy (non-hydrogen) atoms. The fourth-order valence-electron chi connectivity index (χ4n) is 4.23. The number of nitrogen functional groups attached to an aromatic ring is 1. The number of urea groups is 1. The quantitative estimate of drug-likeness (QED) is 0.226. The number of nitrogens with two attached hydrogens (primary N) is 1. The summed E-state index contributed by atoms with van der Waals surface area (Å²) < 4.78 is 5.43. The van der Waals surface area contributed by atoms with E-state index in [2.05, 4.69) is 15.6 Å². The highest BCUT2D eigenvalue weighted by Gasteiger charge is 2.46. The summed E-state index contributed by atoms with van der Waals surface area (Å²) >= 11 is 1.02. The third-order valence-electron chi connectivity index (χ3n) is 6.45. The Morgan fingerprint density at radius 1 is 1.29 bits per heavy atom. The number of carbonyl (C=O) groups excluding carboxylic acids is 4. The van der Waals surface area contributed by atoms with E-state index >= 15 is 0 Å². The molecule has 2 aliphatic rings. The molecule has 2 atom stereocenters. The van der Waals surface area contributed by atoms with Gasteiger partial charge < -0.3 is 36.1 Å². The van der Waals surface area contributed by atoms with E-state index in [-0.39, 0.29) is 41.6 Å². The van der Waals surface area contributed by atoms with Gasteiger partial charge in [0, 0.05) is 25.0 Å². The molecule has 0 spiro atoms. The maximum atomic E-state index is 13.6. The van der Waals surface area contributed by atoms with E-state index in [1.807, 2.05) is 0 Å². The largest absolute Gasteiger partial charge is 0.547 e. The second-order valence-electron chi connectivity index (χ2n) is 8.86. The van der Waals surface area contributed by atoms with E-state index < -0.39 is 48.3 Å². The highest BCUT2D eigenvalue weighted by Crippen LogP contribution is 2.31. The van der Waals surface area contributed by atoms with E-state index in [4.69, 9.17) is 10.4 Å². The number of hydrogen-bond acceptors (Lipinski definition) is 10. The fourth-order valence-corrected chi connectivity index (χ4v) is 4.91. The minimum atomic E-state index is -1.88. The molecule has 5 amide bonds. The number of imide groups is 1. The SMILES string of the molecule is CCN1CCN(C(=O)N[C@](C)(C(=O)N[C@H]2Cc3cccc(C(=O)O)c3OB2O)c2csc(N)n2)C(=O)C1=O. The number of amides is 5. The minimum Gasteiger partial charge on any atom is -0.534 e. The Kier molecular flexibility index (Phi) is 7.28. The number of carboxylic acids is 1. The van der Waals surface area contributed by atoms with Crippen LogP contribution < -0.4 is 21.0 Å². The lowest BCUT2D eigenvalue weighted by Crippen LogP contribution is -2.64. The molecule has 16 heteroatoms. The normalized spacial score (nSPS) is 18.8. The zero-order valence-corrected chi connectivity index (χ0v) is 21.3. The number of carboxylic acid groups (broad SMARTS) is 1. The van der Waals surface area contributed by atoms with Gasteiger partial charge in [0.15, 0.2) is 10.7 Å². The lowest BCUT2D eigenvalue weighted by Gasteiger charge is -2.36. The van der Waals surface area contributed by atoms with Crippen LogP contribution >= 0.6 is 11.3 Å². The summed E-state index contributed by atoms with van der Waals surface area (Å²) in [6.07, 6.45) is 0.0263. The van der Waals surface area contributed by atoms with Crippen LogP contribution in [-0.4, -0.2) is 87.3 Å². The first kappa shape index (κ1) is 26.9. The van der Waals surface area contributed by atoms with Gasteiger partial charge in [-0.3, -0.25) is 19.3 Å². The molecule has 2 aliphatic heterocycles. The first-order chi connectivity index (χ1) is 18.0. The Morgan fingerprint density at radius 2 is 2.03 bits per heavy atom. The number of nitrogens with zero attached hydrogens (tertiary/aromatic N) is 3. The average molecular weight is 544 g/mol. The molecule has 1 aromatic heterocycles. The summed E-state index contributed by atoms with van der Waals surface area (Å²) in [7, 11) is -1.60. The van der Waals surface area contributed by atoms with Crippen molar-refractivity contribution >= 4 is 53.3 Å². The molecule has 3 heterocycles. The predicted molar refractivity (Wildman–Crippen MR) is 134 cm³/mol. The molecule has 0 bridgehead atoms. The van der Waals surface area contributed by atoms with Crippen LogP contribution in [0.25, 0.3) is 0 Å². The van der Waals surface area contributed by atoms with Crippen LogP contribution in [0.5, 0.6) is 5.75 Å². The summed E-state index contributed by atoms with van der Waals surface area (Å²) in [4.78, 5) is 69.2. The van der Waals surface area contributed by atoms with Crippen molar-refractivity contribution in [1.29, 1.82) is 0 Å². The molecule has 1 saturated heterocycles. The number of thiazole rings is 1. The number of likely N-dealkylation sites (N-methyl/N-ethyl adjacent to an activating group) is 1. The predicted octanol–water partition coefficient (Wildman–Crippen LogP) is -0.821. The summed E-state index contributed by atoms with van der Waals surface area (Å²) in [6, 6.07) is 3.47. The molecule has 4 rings (SSSR count). The van der Waals surface area contributed by atoms with Crippen LogP contribution in [0.1, 0.15) is 35.5 Å². The van der Waals surface area contributed by atoms with Crippen LogP contribution in [0.2, 0.25) is 0 Å². The molecule has 2 aromatic rings. The van der Waals surface area contributed by atoms with Gasteiger partial charge >= 0.3 is 30.9 Å². The number of hydrogen-bond donors (Lipinski definition) is 5. The van der Waals surface area contributed by atoms with Gasteiger partial charge in [-0.15, -0.1) is 11.3 Å². The highest BCUT2D eigenvalue weighted by atomic mass is 32.1. The van der Waals surface area contributed by atoms with Gasteiger partial charge in [-0.2, -0.15) is 0 Å². The number of carbonyl (C=O) groups is 5. The third-order valence-corrected chi connectivity index (χ3v) is 7.12. The van der Waals surface area contributed by atoms with E-state index in [1.54, 1.807) is 13.0 Å². The van der Waals surface area contributed by atoms with Crippen molar-refractivity contribution in [3.05, 3.63) is 40.4 Å². The smallest absolute Gasteiger partial charge is 0.534 e. The number of nitrogens with one attached hydrogen (secondary N) is 2. The Bertz CT molecular complexity index is 1320. The monoisotopic (exact) mass is 544 g/mol. The van der Waals surface area contributed by atoms with Gasteiger partial charge in [0.2, 0.25) is 0 Å². The van der Waals surface area contributed by atoms with E-state index in [0.717, 1.165) is 16.2 Å². The number of anilines is 1. The molecule has 0 aliphatic carbocycles. The highest BCUT2D eigenvalue weighted by molar-refractivity contribution is 7.13. The molecule has 0 saturated carbocycles. The van der Waals surface area contributed by atoms with Crippen molar-refractivity contribution in [1.82, 2.24) is 25.4 Å². The first-order valence-electron chi connectivity index (χ1n) is 11.6. The maximum absolute atomic E-state index is 13.6. The van der Waals surface area contributed by atoms with Gasteiger partial charge in [0.05, 0.1) is 17.2 Å². The van der Waals surface area contributed by atoms with Gasteiger partial charge in [-0.1, -0.05) is 12.1 Å². The van der Waals surface area contributed by atoms with Crippen molar-refractivity contribution in [2.45, 2.75) is 31.7 Å². The molecular formula is C22H25BN6O8S. The van der Waals surface area contributed by atoms with Gasteiger partial charge in [0.25, 0.3) is 5.91 Å². The van der Waals surface area contributed by atoms with Gasteiger partial charge in [-0.25, -0.2) is 14.6 Å². The van der Waals surface area contributed by atoms with Gasteiger partial charge in [-0.05, 0) is 31.9 Å². The summed E-state index contributed by atoms with van der Waals surface area (Å²) in [5, 5.41) is 26.6. The molecule has 0 unspecified atom stereocenters. The Morgan fingerprint density at radius 3 is 2.66 bits per heavy atom. The van der Waals surface area contributed by atoms with Crippen molar-refractivity contribution in [2.24, 2.45) is 0 Å². The van der Waals surface area contributed by atoms with E-state index in [9.17, 15) is 34.1 Å². The zero-order chi connectivity index (χ0) is 27.8. The number of aromatic nitrogens is 1. The number of aromatic carboxylic acids is 1. The molecule has 200 valence electrons. The third kappa shape index (κ3) is 4.87. The second kappa shape index (κ2) is 10.3. The lowest BCUT2D eigenvalue weighted by atomic mass is 9.72. The molecular weight excluding hydrogens is 519 g/mol. The van der Waals surface area contributed by atoms with E-state index in [1.165, 1.54) is 29.3 Å². The van der Waals surface area contributed by atoms with Crippen molar-refractivity contribution in [3.63, 3.8) is 0 Å². The fraction of sp³-hybridized carbons (Fsp3) is 0.364. The lowest BCUT2D eigenvalue weighted by molar-refractivity contribution is -0.153. The number of piperazine rings is 1. The van der Waals surface area contributed by atoms with Crippen LogP contribution in [0.4, 0.5) is 9.93 Å². The van der Waals surface area contributed by atoms with E-state index in [0.29, 0.717) is 12.1 Å². The second-order valence-corrected chi connectivity index (χ2v) is 9.75. The molecule has 1 fully saturated rings.